The molecule has 3 aromatic rings. The first kappa shape index (κ1) is 22.3. The van der Waals surface area contributed by atoms with E-state index < -0.39 is 0 Å². The number of ether oxygens (including phenoxy) is 1. The molecular formula is C27H32N2O3. The molecular weight excluding hydrogens is 400 g/mol. The van der Waals surface area contributed by atoms with E-state index in [2.05, 4.69) is 46.6 Å². The van der Waals surface area contributed by atoms with E-state index in [0.29, 0.717) is 11.3 Å². The molecule has 0 radical (unpaired) electrons. The molecule has 3 aromatic carbocycles. The van der Waals surface area contributed by atoms with Crippen LogP contribution in [0.5, 0.6) is 5.75 Å². The van der Waals surface area contributed by atoms with Crippen LogP contribution in [-0.4, -0.2) is 48.8 Å². The van der Waals surface area contributed by atoms with Crippen molar-refractivity contribution in [3.05, 3.63) is 77.4 Å². The molecule has 0 unspecified atom stereocenters. The highest BCUT2D eigenvalue weighted by Crippen LogP contribution is 2.21. The van der Waals surface area contributed by atoms with E-state index >= 15 is 0 Å². The lowest BCUT2D eigenvalue weighted by molar-refractivity contribution is 0.0908. The second-order valence-electron chi connectivity index (χ2n) is 8.60. The lowest BCUT2D eigenvalue weighted by atomic mass is 10.0. The molecule has 1 saturated heterocycles. The van der Waals surface area contributed by atoms with E-state index in [1.807, 2.05) is 18.2 Å². The number of methoxy groups -OCH3 is 1. The zero-order valence-corrected chi connectivity index (χ0v) is 18.7. The van der Waals surface area contributed by atoms with Gasteiger partial charge in [-0.05, 0) is 71.8 Å². The Kier molecular flexibility index (Phi) is 7.40. The lowest BCUT2D eigenvalue weighted by Crippen LogP contribution is -2.44. The van der Waals surface area contributed by atoms with Crippen molar-refractivity contribution in [3.8, 4) is 5.75 Å². The Hall–Kier alpha value is -2.89. The largest absolute Gasteiger partial charge is 0.497 e. The summed E-state index contributed by atoms with van der Waals surface area (Å²) in [5, 5.41) is 14.8. The van der Waals surface area contributed by atoms with Crippen LogP contribution in [0.2, 0.25) is 0 Å². The first-order valence-electron chi connectivity index (χ1n) is 11.4. The van der Waals surface area contributed by atoms with Gasteiger partial charge in [0.1, 0.15) is 5.75 Å². The predicted molar refractivity (Wildman–Crippen MR) is 128 cm³/mol. The zero-order chi connectivity index (χ0) is 22.3. The third-order valence-electron chi connectivity index (χ3n) is 6.25. The van der Waals surface area contributed by atoms with Gasteiger partial charge in [0.05, 0.1) is 7.11 Å². The Balaban J connectivity index is 1.31. The second-order valence-corrected chi connectivity index (χ2v) is 8.60. The van der Waals surface area contributed by atoms with Gasteiger partial charge in [-0.3, -0.25) is 9.69 Å². The van der Waals surface area contributed by atoms with Crippen LogP contribution < -0.4 is 10.1 Å². The monoisotopic (exact) mass is 432 g/mol. The fourth-order valence-corrected chi connectivity index (χ4v) is 4.41. The van der Waals surface area contributed by atoms with Crippen LogP contribution in [-0.2, 0) is 13.0 Å². The quantitative estimate of drug-likeness (QED) is 0.561. The molecule has 0 atom stereocenters. The molecule has 0 aliphatic carbocycles. The van der Waals surface area contributed by atoms with Crippen LogP contribution in [0.15, 0.2) is 60.7 Å². The summed E-state index contributed by atoms with van der Waals surface area (Å²) in [6, 6.07) is 20.8. The summed E-state index contributed by atoms with van der Waals surface area (Å²) >= 11 is 0. The Morgan fingerprint density at radius 3 is 2.53 bits per heavy atom. The number of piperidine rings is 1. The van der Waals surface area contributed by atoms with E-state index in [-0.39, 0.29) is 18.6 Å². The second kappa shape index (κ2) is 10.6. The highest BCUT2D eigenvalue weighted by atomic mass is 16.5. The van der Waals surface area contributed by atoms with Gasteiger partial charge in [-0.25, -0.2) is 0 Å². The van der Waals surface area contributed by atoms with Crippen LogP contribution in [0, 0.1) is 0 Å². The molecule has 5 nitrogen and oxygen atoms in total. The molecule has 1 amide bonds. The molecule has 32 heavy (non-hydrogen) atoms. The molecule has 5 heteroatoms. The van der Waals surface area contributed by atoms with Gasteiger partial charge in [0.2, 0.25) is 0 Å². The SMILES string of the molecule is COc1cccc(C(=O)NC2CCN(Cc3ccc4ccc(CCCO)cc4c3)CC2)c1. The normalized spacial score (nSPS) is 15.1. The molecule has 1 aliphatic rings. The number of likely N-dealkylation sites (tertiary alicyclic amines) is 1. The minimum atomic E-state index is -0.0334. The average molecular weight is 433 g/mol. The number of aryl methyl sites for hydroxylation is 1. The number of rotatable bonds is 8. The van der Waals surface area contributed by atoms with Crippen molar-refractivity contribution in [2.24, 2.45) is 0 Å². The molecule has 0 saturated carbocycles. The molecule has 1 heterocycles. The van der Waals surface area contributed by atoms with Gasteiger partial charge in [0.15, 0.2) is 0 Å². The number of fused-ring (bicyclic) bond motifs is 1. The maximum Gasteiger partial charge on any atom is 0.251 e. The molecule has 0 spiro atoms. The Labute approximate surface area is 190 Å². The molecule has 0 aromatic heterocycles. The van der Waals surface area contributed by atoms with Gasteiger partial charge < -0.3 is 15.2 Å². The first-order valence-corrected chi connectivity index (χ1v) is 11.4. The van der Waals surface area contributed by atoms with Crippen molar-refractivity contribution in [2.45, 2.75) is 38.3 Å². The minimum absolute atomic E-state index is 0.0334. The van der Waals surface area contributed by atoms with Crippen molar-refractivity contribution >= 4 is 16.7 Å². The van der Waals surface area contributed by atoms with Gasteiger partial charge >= 0.3 is 0 Å². The van der Waals surface area contributed by atoms with Crippen LogP contribution in [0.25, 0.3) is 10.8 Å². The summed E-state index contributed by atoms with van der Waals surface area (Å²) in [5.74, 6) is 0.664. The Bertz CT molecular complexity index is 1060. The number of amides is 1. The molecule has 1 aliphatic heterocycles. The standard InChI is InChI=1S/C27H32N2O3/c1-32-26-6-2-5-23(18-26)27(31)28-25-11-13-29(14-12-25)19-21-8-10-22-9-7-20(4-3-15-30)16-24(22)17-21/h2,5-10,16-18,25,30H,3-4,11-15,19H2,1H3,(H,28,31). The summed E-state index contributed by atoms with van der Waals surface area (Å²) in [7, 11) is 1.61. The predicted octanol–water partition coefficient (Wildman–Crippen LogP) is 4.17. The molecule has 1 fully saturated rings. The van der Waals surface area contributed by atoms with Crippen molar-refractivity contribution in [2.75, 3.05) is 26.8 Å². The molecule has 0 bridgehead atoms. The van der Waals surface area contributed by atoms with Crippen LogP contribution in [0.1, 0.15) is 40.7 Å². The number of hydrogen-bond acceptors (Lipinski definition) is 4. The minimum Gasteiger partial charge on any atom is -0.497 e. The number of aliphatic hydroxyl groups excluding tert-OH is 1. The number of hydrogen-bond donors (Lipinski definition) is 2. The topological polar surface area (TPSA) is 61.8 Å². The first-order chi connectivity index (χ1) is 15.6. The molecule has 2 N–H and O–H groups in total. The van der Waals surface area contributed by atoms with Crippen molar-refractivity contribution < 1.29 is 14.6 Å². The zero-order valence-electron chi connectivity index (χ0n) is 18.7. The van der Waals surface area contributed by atoms with Crippen molar-refractivity contribution in [3.63, 3.8) is 0 Å². The average Bonchev–Trinajstić information content (AvgIpc) is 2.83. The van der Waals surface area contributed by atoms with E-state index in [1.54, 1.807) is 13.2 Å². The smallest absolute Gasteiger partial charge is 0.251 e. The third kappa shape index (κ3) is 5.67. The van der Waals surface area contributed by atoms with Gasteiger partial charge in [-0.15, -0.1) is 0 Å². The number of aliphatic hydroxyl groups is 1. The van der Waals surface area contributed by atoms with Crippen LogP contribution in [0.3, 0.4) is 0 Å². The van der Waals surface area contributed by atoms with Crippen LogP contribution >= 0.6 is 0 Å². The highest BCUT2D eigenvalue weighted by molar-refractivity contribution is 5.94. The van der Waals surface area contributed by atoms with Crippen LogP contribution in [0.4, 0.5) is 0 Å². The summed E-state index contributed by atoms with van der Waals surface area (Å²) in [5.41, 5.74) is 3.23. The summed E-state index contributed by atoms with van der Waals surface area (Å²) in [4.78, 5) is 15.0. The number of nitrogens with one attached hydrogen (secondary N) is 1. The van der Waals surface area contributed by atoms with Gasteiger partial charge in [-0.2, -0.15) is 0 Å². The Morgan fingerprint density at radius 2 is 1.78 bits per heavy atom. The lowest BCUT2D eigenvalue weighted by Gasteiger charge is -2.32. The molecule has 4 rings (SSSR count). The van der Waals surface area contributed by atoms with E-state index in [9.17, 15) is 4.79 Å². The number of carbonyl (C=O) groups excluding carboxylic acids is 1. The fourth-order valence-electron chi connectivity index (χ4n) is 4.41. The summed E-state index contributed by atoms with van der Waals surface area (Å²) in [6.45, 7) is 3.09. The molecule has 168 valence electrons. The van der Waals surface area contributed by atoms with E-state index in [1.165, 1.54) is 21.9 Å². The van der Waals surface area contributed by atoms with Gasteiger partial charge in [0.25, 0.3) is 5.91 Å². The third-order valence-corrected chi connectivity index (χ3v) is 6.25. The van der Waals surface area contributed by atoms with E-state index in [0.717, 1.165) is 45.3 Å². The highest BCUT2D eigenvalue weighted by Gasteiger charge is 2.21. The number of nitrogens with zero attached hydrogens (tertiary/aromatic N) is 1. The maximum absolute atomic E-state index is 12.6. The van der Waals surface area contributed by atoms with Crippen molar-refractivity contribution in [1.82, 2.24) is 10.2 Å². The van der Waals surface area contributed by atoms with E-state index in [4.69, 9.17) is 9.84 Å². The van der Waals surface area contributed by atoms with Gasteiger partial charge in [0, 0.05) is 37.8 Å². The maximum atomic E-state index is 12.6. The number of carbonyl (C=O) groups is 1. The fraction of sp³-hybridized carbons (Fsp3) is 0.370. The number of benzene rings is 3. The summed E-state index contributed by atoms with van der Waals surface area (Å²) < 4.78 is 5.22. The van der Waals surface area contributed by atoms with Gasteiger partial charge in [-0.1, -0.05) is 36.4 Å². The summed E-state index contributed by atoms with van der Waals surface area (Å²) in [6.07, 6.45) is 3.61. The van der Waals surface area contributed by atoms with Crippen molar-refractivity contribution in [1.29, 1.82) is 0 Å². The Morgan fingerprint density at radius 1 is 1.03 bits per heavy atom.